The molecule has 0 saturated carbocycles. The highest BCUT2D eigenvalue weighted by Gasteiger charge is 2.19. The zero-order chi connectivity index (χ0) is 44.3. The molecular weight excluding hydrogens is 811 g/mol. The van der Waals surface area contributed by atoms with Crippen LogP contribution < -0.4 is 0 Å². The summed E-state index contributed by atoms with van der Waals surface area (Å²) in [6.45, 7) is 0. The minimum absolute atomic E-state index is 0.692. The van der Waals surface area contributed by atoms with Gasteiger partial charge in [0.25, 0.3) is 0 Å². The zero-order valence-corrected chi connectivity index (χ0v) is 36.5. The van der Waals surface area contributed by atoms with Crippen molar-refractivity contribution in [3.05, 3.63) is 249 Å². The number of hydrogen-bond acceptors (Lipinski definition) is 2. The van der Waals surface area contributed by atoms with Gasteiger partial charge in [-0.15, -0.1) is 0 Å². The van der Waals surface area contributed by atoms with E-state index >= 15 is 0 Å². The Labute approximate surface area is 388 Å². The van der Waals surface area contributed by atoms with Gasteiger partial charge in [0.2, 0.25) is 0 Å². The van der Waals surface area contributed by atoms with E-state index < -0.39 is 0 Å². The summed E-state index contributed by atoms with van der Waals surface area (Å²) in [6, 6.07) is 89.4. The summed E-state index contributed by atoms with van der Waals surface area (Å²) in [6.07, 6.45) is 0. The van der Waals surface area contributed by atoms with Crippen LogP contribution in [0.4, 0.5) is 0 Å². The SMILES string of the molecule is c1ccc(-c2nc(-c3ccc(-c4ccc(-c5ccc(-c6c7ccccc7cc7c6ccc6ccccc67)cc5)cc4)cc3)cc(-c3ccccc3-n3c4ccccc4c4ccccc43)n2)cc1. The van der Waals surface area contributed by atoms with Gasteiger partial charge in [0.05, 0.1) is 28.1 Å². The summed E-state index contributed by atoms with van der Waals surface area (Å²) in [4.78, 5) is 10.4. The summed E-state index contributed by atoms with van der Waals surface area (Å²) in [5.41, 5.74) is 15.4. The van der Waals surface area contributed by atoms with E-state index in [0.29, 0.717) is 5.82 Å². The van der Waals surface area contributed by atoms with Crippen molar-refractivity contribution in [2.24, 2.45) is 0 Å². The molecule has 0 fully saturated rings. The molecule has 2 heterocycles. The van der Waals surface area contributed by atoms with Crippen molar-refractivity contribution in [3.8, 4) is 73.0 Å². The fourth-order valence-corrected chi connectivity index (χ4v) is 10.2. The summed E-state index contributed by atoms with van der Waals surface area (Å²) in [7, 11) is 0. The van der Waals surface area contributed by atoms with Crippen LogP contribution in [0, 0.1) is 0 Å². The molecule has 0 aliphatic carbocycles. The van der Waals surface area contributed by atoms with Crippen LogP contribution in [-0.4, -0.2) is 14.5 Å². The summed E-state index contributed by atoms with van der Waals surface area (Å²) < 4.78 is 2.37. The number of nitrogens with zero attached hydrogens (tertiary/aromatic N) is 3. The van der Waals surface area contributed by atoms with E-state index in [0.717, 1.165) is 55.9 Å². The molecule has 312 valence electrons. The molecule has 0 aliphatic rings. The molecule has 0 bridgehead atoms. The molecule has 0 amide bonds. The van der Waals surface area contributed by atoms with Crippen molar-refractivity contribution in [1.82, 2.24) is 14.5 Å². The monoisotopic (exact) mass is 851 g/mol. The van der Waals surface area contributed by atoms with Crippen molar-refractivity contribution < 1.29 is 0 Å². The number of benzene rings is 11. The zero-order valence-electron chi connectivity index (χ0n) is 36.5. The second kappa shape index (κ2) is 16.0. The highest BCUT2D eigenvalue weighted by molar-refractivity contribution is 6.20. The second-order valence-electron chi connectivity index (χ2n) is 17.3. The lowest BCUT2D eigenvalue weighted by molar-refractivity contribution is 1.15. The van der Waals surface area contributed by atoms with Gasteiger partial charge in [0.15, 0.2) is 5.82 Å². The third kappa shape index (κ3) is 6.67. The molecule has 0 unspecified atom stereocenters. The molecule has 3 heteroatoms. The van der Waals surface area contributed by atoms with Crippen LogP contribution in [0.1, 0.15) is 0 Å². The quantitative estimate of drug-likeness (QED) is 0.118. The maximum Gasteiger partial charge on any atom is 0.160 e. The predicted molar refractivity (Wildman–Crippen MR) is 282 cm³/mol. The molecule has 0 atom stereocenters. The number of hydrogen-bond donors (Lipinski definition) is 0. The third-order valence-corrected chi connectivity index (χ3v) is 13.4. The van der Waals surface area contributed by atoms with E-state index in [4.69, 9.17) is 9.97 Å². The second-order valence-corrected chi connectivity index (χ2v) is 17.3. The first kappa shape index (κ1) is 38.5. The van der Waals surface area contributed by atoms with Crippen molar-refractivity contribution in [2.45, 2.75) is 0 Å². The van der Waals surface area contributed by atoms with E-state index in [1.165, 1.54) is 65.3 Å². The summed E-state index contributed by atoms with van der Waals surface area (Å²) in [5.74, 6) is 0.692. The number of aromatic nitrogens is 3. The maximum absolute atomic E-state index is 5.26. The molecule has 0 aliphatic heterocycles. The normalized spacial score (nSPS) is 11.6. The Hall–Kier alpha value is -8.92. The molecule has 13 aromatic rings. The lowest BCUT2D eigenvalue weighted by Gasteiger charge is -2.15. The van der Waals surface area contributed by atoms with Gasteiger partial charge >= 0.3 is 0 Å². The largest absolute Gasteiger partial charge is 0.309 e. The van der Waals surface area contributed by atoms with Crippen molar-refractivity contribution in [3.63, 3.8) is 0 Å². The molecule has 2 aromatic heterocycles. The van der Waals surface area contributed by atoms with E-state index in [1.807, 2.05) is 18.2 Å². The molecule has 11 aromatic carbocycles. The summed E-state index contributed by atoms with van der Waals surface area (Å²) >= 11 is 0. The maximum atomic E-state index is 5.26. The fraction of sp³-hybridized carbons (Fsp3) is 0. The Kier molecular flexibility index (Phi) is 9.17. The first-order valence-electron chi connectivity index (χ1n) is 22.9. The van der Waals surface area contributed by atoms with Gasteiger partial charge in [0, 0.05) is 27.5 Å². The lowest BCUT2D eigenvalue weighted by atomic mass is 9.89. The van der Waals surface area contributed by atoms with Crippen LogP contribution >= 0.6 is 0 Å². The van der Waals surface area contributed by atoms with Crippen molar-refractivity contribution >= 4 is 54.1 Å². The predicted octanol–water partition coefficient (Wildman–Crippen LogP) is 17.0. The summed E-state index contributed by atoms with van der Waals surface area (Å²) in [5, 5.41) is 10.1. The number of para-hydroxylation sites is 3. The molecule has 0 spiro atoms. The van der Waals surface area contributed by atoms with Crippen LogP contribution in [0.25, 0.3) is 127 Å². The molecular formula is C64H41N3. The van der Waals surface area contributed by atoms with Crippen molar-refractivity contribution in [1.29, 1.82) is 0 Å². The topological polar surface area (TPSA) is 30.7 Å². The number of fused-ring (bicyclic) bond motifs is 7. The molecule has 3 nitrogen and oxygen atoms in total. The average molecular weight is 852 g/mol. The Balaban J connectivity index is 0.828. The fourth-order valence-electron chi connectivity index (χ4n) is 10.2. The smallest absolute Gasteiger partial charge is 0.160 e. The van der Waals surface area contributed by atoms with E-state index in [9.17, 15) is 0 Å². The molecule has 67 heavy (non-hydrogen) atoms. The van der Waals surface area contributed by atoms with Gasteiger partial charge in [0.1, 0.15) is 0 Å². The Bertz CT molecular complexity index is 3940. The highest BCUT2D eigenvalue weighted by Crippen LogP contribution is 2.41. The van der Waals surface area contributed by atoms with E-state index in [-0.39, 0.29) is 0 Å². The van der Waals surface area contributed by atoms with Gasteiger partial charge in [-0.2, -0.15) is 0 Å². The Morgan fingerprint density at radius 3 is 1.42 bits per heavy atom. The minimum atomic E-state index is 0.692. The minimum Gasteiger partial charge on any atom is -0.309 e. The van der Waals surface area contributed by atoms with Crippen LogP contribution in [0.15, 0.2) is 249 Å². The molecule has 13 rings (SSSR count). The van der Waals surface area contributed by atoms with Gasteiger partial charge in [-0.25, -0.2) is 9.97 Å². The van der Waals surface area contributed by atoms with Gasteiger partial charge in [-0.05, 0) is 96.0 Å². The van der Waals surface area contributed by atoms with Crippen molar-refractivity contribution in [2.75, 3.05) is 0 Å². The lowest BCUT2D eigenvalue weighted by Crippen LogP contribution is -2.00. The van der Waals surface area contributed by atoms with Crippen LogP contribution in [0.3, 0.4) is 0 Å². The van der Waals surface area contributed by atoms with Crippen LogP contribution in [-0.2, 0) is 0 Å². The first-order chi connectivity index (χ1) is 33.2. The average Bonchev–Trinajstić information content (AvgIpc) is 3.75. The Morgan fingerprint density at radius 1 is 0.269 bits per heavy atom. The Morgan fingerprint density at radius 2 is 0.761 bits per heavy atom. The highest BCUT2D eigenvalue weighted by atomic mass is 15.0. The van der Waals surface area contributed by atoms with E-state index in [1.54, 1.807) is 0 Å². The standard InChI is InChI=1S/C64H41N3/c1-2-15-49(16-3-1)64-65-58(41-59(66-64)56-22-10-13-25-62(56)67-60-23-11-8-20-53(60)54-21-9-12-24-61(54)67)47-34-30-44(31-35-47)42-26-28-43(29-27-42)45-32-36-48(37-33-45)63-52-19-7-5-17-50(52)40-57-51-18-6-4-14-46(51)38-39-55(57)63/h1-41H. The van der Waals surface area contributed by atoms with Crippen LogP contribution in [0.5, 0.6) is 0 Å². The molecule has 0 saturated heterocycles. The molecule has 0 radical (unpaired) electrons. The number of rotatable bonds is 7. The van der Waals surface area contributed by atoms with Gasteiger partial charge in [-0.1, -0.05) is 218 Å². The third-order valence-electron chi connectivity index (χ3n) is 13.4. The van der Waals surface area contributed by atoms with E-state index in [2.05, 4.69) is 235 Å². The van der Waals surface area contributed by atoms with Gasteiger partial charge in [-0.3, -0.25) is 0 Å². The van der Waals surface area contributed by atoms with Crippen LogP contribution in [0.2, 0.25) is 0 Å². The molecule has 0 N–H and O–H groups in total. The van der Waals surface area contributed by atoms with Gasteiger partial charge < -0.3 is 4.57 Å². The first-order valence-corrected chi connectivity index (χ1v) is 22.9.